The first kappa shape index (κ1) is 17.4. The Morgan fingerprint density at radius 2 is 2.15 bits per heavy atom. The van der Waals surface area contributed by atoms with Crippen LogP contribution in [0.3, 0.4) is 0 Å². The largest absolute Gasteiger partial charge is 0.383 e. The smallest absolute Gasteiger partial charge is 0.0835 e. The molecule has 0 saturated heterocycles. The van der Waals surface area contributed by atoms with Crippen molar-refractivity contribution >= 4 is 11.6 Å². The molecule has 0 amide bonds. The van der Waals surface area contributed by atoms with Crippen molar-refractivity contribution in [2.45, 2.75) is 45.4 Å². The minimum Gasteiger partial charge on any atom is -0.383 e. The van der Waals surface area contributed by atoms with Crippen LogP contribution < -0.4 is 5.32 Å². The van der Waals surface area contributed by atoms with Crippen LogP contribution in [-0.2, 0) is 16.0 Å². The summed E-state index contributed by atoms with van der Waals surface area (Å²) in [5.74, 6) is 0. The Labute approximate surface area is 126 Å². The van der Waals surface area contributed by atoms with E-state index in [1.165, 1.54) is 0 Å². The van der Waals surface area contributed by atoms with Gasteiger partial charge < -0.3 is 14.8 Å². The van der Waals surface area contributed by atoms with E-state index < -0.39 is 0 Å². The highest BCUT2D eigenvalue weighted by Crippen LogP contribution is 2.32. The van der Waals surface area contributed by atoms with Crippen LogP contribution in [0.15, 0.2) is 6.20 Å². The Morgan fingerprint density at radius 3 is 2.70 bits per heavy atom. The molecule has 0 aliphatic carbocycles. The van der Waals surface area contributed by atoms with Crippen molar-refractivity contribution in [3.8, 4) is 0 Å². The molecule has 0 spiro atoms. The van der Waals surface area contributed by atoms with Gasteiger partial charge in [-0.15, -0.1) is 0 Å². The monoisotopic (exact) mass is 303 g/mol. The van der Waals surface area contributed by atoms with Gasteiger partial charge in [-0.3, -0.25) is 4.68 Å². The van der Waals surface area contributed by atoms with E-state index in [0.717, 1.165) is 18.7 Å². The molecule has 0 bridgehead atoms. The van der Waals surface area contributed by atoms with E-state index in [4.69, 9.17) is 21.1 Å². The molecule has 20 heavy (non-hydrogen) atoms. The van der Waals surface area contributed by atoms with Gasteiger partial charge in [0, 0.05) is 14.2 Å². The Hall–Kier alpha value is -0.620. The van der Waals surface area contributed by atoms with Gasteiger partial charge in [0.1, 0.15) is 0 Å². The number of ether oxygens (including phenoxy) is 2. The molecule has 6 heteroatoms. The summed E-state index contributed by atoms with van der Waals surface area (Å²) in [4.78, 5) is 0. The standard InChI is InChI=1S/C14H26ClN3O2/c1-6-7-16-13(14(2,3)20-5)12-11(15)10-17-18(12)8-9-19-4/h10,13,16H,6-9H2,1-5H3. The van der Waals surface area contributed by atoms with Crippen LogP contribution in [0.5, 0.6) is 0 Å². The highest BCUT2D eigenvalue weighted by atomic mass is 35.5. The lowest BCUT2D eigenvalue weighted by Gasteiger charge is -2.34. The molecular formula is C14H26ClN3O2. The molecule has 0 radical (unpaired) electrons. The first-order valence-electron chi connectivity index (χ1n) is 6.96. The summed E-state index contributed by atoms with van der Waals surface area (Å²) in [7, 11) is 3.39. The second-order valence-electron chi connectivity index (χ2n) is 5.29. The highest BCUT2D eigenvalue weighted by Gasteiger charge is 2.34. The van der Waals surface area contributed by atoms with Crippen LogP contribution >= 0.6 is 11.6 Å². The second kappa shape index (κ2) is 7.98. The summed E-state index contributed by atoms with van der Waals surface area (Å²) in [6, 6.07) is -0.0284. The zero-order chi connectivity index (χ0) is 15.2. The first-order valence-corrected chi connectivity index (χ1v) is 7.34. The lowest BCUT2D eigenvalue weighted by atomic mass is 9.95. The van der Waals surface area contributed by atoms with Crippen LogP contribution in [0.25, 0.3) is 0 Å². The molecule has 1 atom stereocenters. The average Bonchev–Trinajstić information content (AvgIpc) is 2.78. The predicted octanol–water partition coefficient (Wildman–Crippen LogP) is 2.65. The molecule has 0 aromatic carbocycles. The van der Waals surface area contributed by atoms with E-state index in [9.17, 15) is 0 Å². The molecule has 1 rings (SSSR count). The van der Waals surface area contributed by atoms with Crippen molar-refractivity contribution in [2.24, 2.45) is 0 Å². The summed E-state index contributed by atoms with van der Waals surface area (Å²) in [5.41, 5.74) is 0.563. The summed E-state index contributed by atoms with van der Waals surface area (Å²) < 4.78 is 12.7. The van der Waals surface area contributed by atoms with Crippen LogP contribution in [0.4, 0.5) is 0 Å². The fraction of sp³-hybridized carbons (Fsp3) is 0.786. The minimum absolute atomic E-state index is 0.0284. The number of hydrogen-bond donors (Lipinski definition) is 1. The molecule has 0 fully saturated rings. The van der Waals surface area contributed by atoms with Gasteiger partial charge in [-0.1, -0.05) is 18.5 Å². The van der Waals surface area contributed by atoms with Crippen molar-refractivity contribution < 1.29 is 9.47 Å². The molecule has 1 aromatic rings. The molecule has 0 saturated carbocycles. The fourth-order valence-electron chi connectivity index (χ4n) is 2.09. The van der Waals surface area contributed by atoms with Gasteiger partial charge in [0.2, 0.25) is 0 Å². The van der Waals surface area contributed by atoms with Gasteiger partial charge in [-0.25, -0.2) is 0 Å². The van der Waals surface area contributed by atoms with E-state index in [1.54, 1.807) is 20.4 Å². The first-order chi connectivity index (χ1) is 9.47. The minimum atomic E-state index is -0.385. The van der Waals surface area contributed by atoms with Crippen molar-refractivity contribution in [3.05, 3.63) is 16.9 Å². The Bertz CT molecular complexity index is 407. The van der Waals surface area contributed by atoms with Crippen molar-refractivity contribution in [2.75, 3.05) is 27.4 Å². The van der Waals surface area contributed by atoms with E-state index in [-0.39, 0.29) is 11.6 Å². The van der Waals surface area contributed by atoms with Crippen LogP contribution in [0.2, 0.25) is 5.02 Å². The summed E-state index contributed by atoms with van der Waals surface area (Å²) in [6.45, 7) is 8.38. The molecule has 0 aliphatic heterocycles. The van der Waals surface area contributed by atoms with Crippen LogP contribution in [0, 0.1) is 0 Å². The van der Waals surface area contributed by atoms with Gasteiger partial charge in [-0.05, 0) is 26.8 Å². The molecular weight excluding hydrogens is 278 g/mol. The molecule has 1 N–H and O–H groups in total. The van der Waals surface area contributed by atoms with E-state index >= 15 is 0 Å². The summed E-state index contributed by atoms with van der Waals surface area (Å²) >= 11 is 6.34. The number of methoxy groups -OCH3 is 2. The van der Waals surface area contributed by atoms with Crippen molar-refractivity contribution in [1.82, 2.24) is 15.1 Å². The van der Waals surface area contributed by atoms with Gasteiger partial charge in [0.05, 0.1) is 41.7 Å². The molecule has 1 heterocycles. The highest BCUT2D eigenvalue weighted by molar-refractivity contribution is 6.31. The Balaban J connectivity index is 3.09. The SMILES string of the molecule is CCCNC(c1c(Cl)cnn1CCOC)C(C)(C)OC. The average molecular weight is 304 g/mol. The number of halogens is 1. The zero-order valence-electron chi connectivity index (χ0n) is 13.1. The Kier molecular flexibility index (Phi) is 6.95. The maximum Gasteiger partial charge on any atom is 0.0835 e. The molecule has 1 aromatic heterocycles. The summed E-state index contributed by atoms with van der Waals surface area (Å²) in [6.07, 6.45) is 2.72. The van der Waals surface area contributed by atoms with Gasteiger partial charge in [0.15, 0.2) is 0 Å². The summed E-state index contributed by atoms with van der Waals surface area (Å²) in [5, 5.41) is 8.50. The quantitative estimate of drug-likeness (QED) is 0.762. The lowest BCUT2D eigenvalue weighted by Crippen LogP contribution is -2.42. The normalized spacial score (nSPS) is 13.7. The number of aromatic nitrogens is 2. The number of hydrogen-bond acceptors (Lipinski definition) is 4. The molecule has 5 nitrogen and oxygen atoms in total. The molecule has 116 valence electrons. The lowest BCUT2D eigenvalue weighted by molar-refractivity contribution is -0.0137. The number of nitrogens with zero attached hydrogens (tertiary/aromatic N) is 2. The maximum atomic E-state index is 6.34. The predicted molar refractivity (Wildman–Crippen MR) is 81.2 cm³/mol. The topological polar surface area (TPSA) is 48.3 Å². The zero-order valence-corrected chi connectivity index (χ0v) is 13.8. The van der Waals surface area contributed by atoms with Crippen molar-refractivity contribution in [3.63, 3.8) is 0 Å². The maximum absolute atomic E-state index is 6.34. The van der Waals surface area contributed by atoms with E-state index in [0.29, 0.717) is 18.2 Å². The molecule has 0 aliphatic rings. The third kappa shape index (κ3) is 4.19. The van der Waals surface area contributed by atoms with Crippen LogP contribution in [-0.4, -0.2) is 42.8 Å². The number of rotatable bonds is 9. The second-order valence-corrected chi connectivity index (χ2v) is 5.70. The fourth-order valence-corrected chi connectivity index (χ4v) is 2.34. The van der Waals surface area contributed by atoms with Gasteiger partial charge in [0.25, 0.3) is 0 Å². The third-order valence-corrected chi connectivity index (χ3v) is 3.72. The number of nitrogens with one attached hydrogen (secondary N) is 1. The Morgan fingerprint density at radius 1 is 1.45 bits per heavy atom. The van der Waals surface area contributed by atoms with Gasteiger partial charge in [-0.2, -0.15) is 5.10 Å². The van der Waals surface area contributed by atoms with E-state index in [1.807, 2.05) is 18.5 Å². The molecule has 1 unspecified atom stereocenters. The van der Waals surface area contributed by atoms with Crippen molar-refractivity contribution in [1.29, 1.82) is 0 Å². The third-order valence-electron chi connectivity index (χ3n) is 3.43. The van der Waals surface area contributed by atoms with Crippen LogP contribution in [0.1, 0.15) is 38.9 Å². The van der Waals surface area contributed by atoms with Gasteiger partial charge >= 0.3 is 0 Å². The van der Waals surface area contributed by atoms with E-state index in [2.05, 4.69) is 17.3 Å².